The van der Waals surface area contributed by atoms with Crippen molar-refractivity contribution in [3.63, 3.8) is 0 Å². The summed E-state index contributed by atoms with van der Waals surface area (Å²) in [5.74, 6) is 1.10. The van der Waals surface area contributed by atoms with Crippen LogP contribution in [0.5, 0.6) is 11.5 Å². The Morgan fingerprint density at radius 3 is 2.50 bits per heavy atom. The van der Waals surface area contributed by atoms with Gasteiger partial charge in [-0.25, -0.2) is 0 Å². The van der Waals surface area contributed by atoms with Crippen molar-refractivity contribution in [3.05, 3.63) is 27.6 Å². The van der Waals surface area contributed by atoms with E-state index in [0.717, 1.165) is 5.17 Å². The number of hydrogen-bond donors (Lipinski definition) is 0. The third-order valence-electron chi connectivity index (χ3n) is 3.59. The number of carbonyl (C=O) groups is 1. The number of ether oxygens (including phenoxy) is 2. The van der Waals surface area contributed by atoms with Crippen LogP contribution in [0.2, 0.25) is 5.02 Å². The summed E-state index contributed by atoms with van der Waals surface area (Å²) in [6.07, 6.45) is 1.78. The van der Waals surface area contributed by atoms with E-state index < -0.39 is 0 Å². The molecular weight excluding hydrogens is 372 g/mol. The molecule has 0 unspecified atom stereocenters. The molecule has 1 fully saturated rings. The molecule has 1 aromatic rings. The highest BCUT2D eigenvalue weighted by atomic mass is 35.5. The van der Waals surface area contributed by atoms with Crippen molar-refractivity contribution in [2.24, 2.45) is 4.99 Å². The Morgan fingerprint density at radius 2 is 1.96 bits per heavy atom. The highest BCUT2D eigenvalue weighted by Crippen LogP contribution is 2.38. The molecule has 1 saturated heterocycles. The van der Waals surface area contributed by atoms with Gasteiger partial charge in [0.05, 0.1) is 23.6 Å². The van der Waals surface area contributed by atoms with Gasteiger partial charge in [-0.2, -0.15) is 0 Å². The molecule has 0 saturated carbocycles. The Morgan fingerprint density at radius 1 is 1.27 bits per heavy atom. The molecule has 1 aliphatic heterocycles. The lowest BCUT2D eigenvalue weighted by Crippen LogP contribution is -2.35. The molecule has 1 amide bonds. The summed E-state index contributed by atoms with van der Waals surface area (Å²) < 4.78 is 10.9. The Balaban J connectivity index is 2.45. The number of hydrogen-bond acceptors (Lipinski definition) is 5. The quantitative estimate of drug-likeness (QED) is 0.646. The van der Waals surface area contributed by atoms with Gasteiger partial charge in [0, 0.05) is 18.2 Å². The van der Waals surface area contributed by atoms with Crippen molar-refractivity contribution in [2.45, 2.75) is 46.7 Å². The lowest BCUT2D eigenvalue weighted by molar-refractivity contribution is -0.123. The fourth-order valence-corrected chi connectivity index (χ4v) is 3.92. The van der Waals surface area contributed by atoms with Gasteiger partial charge < -0.3 is 9.47 Å². The molecular formula is C19H25ClN2O3S. The fourth-order valence-electron chi connectivity index (χ4n) is 2.48. The maximum Gasteiger partial charge on any atom is 0.266 e. The summed E-state index contributed by atoms with van der Waals surface area (Å²) in [5.41, 5.74) is 0.706. The van der Waals surface area contributed by atoms with Gasteiger partial charge in [-0.1, -0.05) is 11.6 Å². The SMILES string of the molecule is CCOc1cc(Cl)c(/C=C2/SC(=NC(C)C)N(C(C)C)C2=O)cc1OC. The third kappa shape index (κ3) is 4.54. The van der Waals surface area contributed by atoms with Gasteiger partial charge in [-0.15, -0.1) is 0 Å². The van der Waals surface area contributed by atoms with Gasteiger partial charge in [0.15, 0.2) is 16.7 Å². The van der Waals surface area contributed by atoms with Crippen LogP contribution in [0.25, 0.3) is 6.08 Å². The Bertz CT molecular complexity index is 745. The zero-order valence-electron chi connectivity index (χ0n) is 16.0. The second-order valence-corrected chi connectivity index (χ2v) is 7.76. The molecule has 0 aliphatic carbocycles. The summed E-state index contributed by atoms with van der Waals surface area (Å²) in [5, 5.41) is 1.22. The first-order valence-electron chi connectivity index (χ1n) is 8.59. The third-order valence-corrected chi connectivity index (χ3v) is 4.92. The number of aliphatic imine (C=N–C) groups is 1. The summed E-state index contributed by atoms with van der Waals surface area (Å²) in [7, 11) is 1.58. The van der Waals surface area contributed by atoms with E-state index in [9.17, 15) is 4.79 Å². The molecule has 0 radical (unpaired) electrons. The predicted molar refractivity (Wildman–Crippen MR) is 109 cm³/mol. The van der Waals surface area contributed by atoms with Crippen LogP contribution in [0.3, 0.4) is 0 Å². The minimum atomic E-state index is -0.0617. The normalized spacial score (nSPS) is 17.9. The number of halogens is 1. The maximum absolute atomic E-state index is 12.8. The van der Waals surface area contributed by atoms with Crippen molar-refractivity contribution in [2.75, 3.05) is 13.7 Å². The van der Waals surface area contributed by atoms with Crippen molar-refractivity contribution in [3.8, 4) is 11.5 Å². The van der Waals surface area contributed by atoms with E-state index in [1.807, 2.05) is 34.6 Å². The predicted octanol–water partition coefficient (Wildman–Crippen LogP) is 4.84. The zero-order chi connectivity index (χ0) is 19.4. The van der Waals surface area contributed by atoms with Gasteiger partial charge in [-0.05, 0) is 64.1 Å². The van der Waals surface area contributed by atoms with Crippen molar-refractivity contribution >= 4 is 40.5 Å². The molecule has 1 aliphatic rings. The van der Waals surface area contributed by atoms with E-state index in [-0.39, 0.29) is 18.0 Å². The van der Waals surface area contributed by atoms with E-state index in [0.29, 0.717) is 33.6 Å². The van der Waals surface area contributed by atoms with Gasteiger partial charge in [0.1, 0.15) is 0 Å². The van der Waals surface area contributed by atoms with E-state index in [1.54, 1.807) is 30.2 Å². The molecule has 2 rings (SSSR count). The molecule has 0 bridgehead atoms. The number of methoxy groups -OCH3 is 1. The van der Waals surface area contributed by atoms with E-state index in [1.165, 1.54) is 11.8 Å². The van der Waals surface area contributed by atoms with Crippen LogP contribution in [-0.4, -0.2) is 41.8 Å². The van der Waals surface area contributed by atoms with Crippen LogP contribution >= 0.6 is 23.4 Å². The van der Waals surface area contributed by atoms with E-state index >= 15 is 0 Å². The molecule has 142 valence electrons. The Kier molecular flexibility index (Phi) is 7.01. The second-order valence-electron chi connectivity index (χ2n) is 6.34. The summed E-state index contributed by atoms with van der Waals surface area (Å²) in [6, 6.07) is 3.64. The number of carbonyl (C=O) groups excluding carboxylic acids is 1. The molecule has 0 spiro atoms. The van der Waals surface area contributed by atoms with Crippen LogP contribution in [-0.2, 0) is 4.79 Å². The van der Waals surface area contributed by atoms with Gasteiger partial charge in [0.25, 0.3) is 5.91 Å². The van der Waals surface area contributed by atoms with E-state index in [2.05, 4.69) is 4.99 Å². The topological polar surface area (TPSA) is 51.1 Å². The van der Waals surface area contributed by atoms with Crippen molar-refractivity contribution in [1.29, 1.82) is 0 Å². The molecule has 1 heterocycles. The highest BCUT2D eigenvalue weighted by molar-refractivity contribution is 8.18. The zero-order valence-corrected chi connectivity index (χ0v) is 17.6. The highest BCUT2D eigenvalue weighted by Gasteiger charge is 2.35. The summed E-state index contributed by atoms with van der Waals surface area (Å²) in [6.45, 7) is 10.3. The number of rotatable bonds is 6. The summed E-state index contributed by atoms with van der Waals surface area (Å²) in [4.78, 5) is 19.7. The van der Waals surface area contributed by atoms with Crippen molar-refractivity contribution < 1.29 is 14.3 Å². The summed E-state index contributed by atoms with van der Waals surface area (Å²) >= 11 is 7.77. The Labute approximate surface area is 164 Å². The molecule has 1 aromatic carbocycles. The lowest BCUT2D eigenvalue weighted by Gasteiger charge is -2.20. The smallest absolute Gasteiger partial charge is 0.266 e. The molecule has 0 aromatic heterocycles. The van der Waals surface area contributed by atoms with Gasteiger partial charge >= 0.3 is 0 Å². The largest absolute Gasteiger partial charge is 0.493 e. The first-order chi connectivity index (χ1) is 12.3. The standard InChI is InChI=1S/C19H25ClN2O3S/c1-7-25-16-10-14(20)13(8-15(16)24-6)9-17-18(23)22(12(4)5)19(26-17)21-11(2)3/h8-12H,7H2,1-6H3/b17-9+,21-19?. The maximum atomic E-state index is 12.8. The first kappa shape index (κ1) is 20.6. The second kappa shape index (κ2) is 8.82. The minimum absolute atomic E-state index is 0.0312. The van der Waals surface area contributed by atoms with Gasteiger partial charge in [-0.3, -0.25) is 14.7 Å². The van der Waals surface area contributed by atoms with Gasteiger partial charge in [0.2, 0.25) is 0 Å². The molecule has 26 heavy (non-hydrogen) atoms. The average molecular weight is 397 g/mol. The number of benzene rings is 1. The monoisotopic (exact) mass is 396 g/mol. The molecule has 0 atom stereocenters. The molecule has 5 nitrogen and oxygen atoms in total. The van der Waals surface area contributed by atoms with Crippen LogP contribution in [0, 0.1) is 0 Å². The van der Waals surface area contributed by atoms with Crippen LogP contribution in [0.1, 0.15) is 40.2 Å². The van der Waals surface area contributed by atoms with Crippen LogP contribution < -0.4 is 9.47 Å². The fraction of sp³-hybridized carbons (Fsp3) is 0.474. The number of amides is 1. The molecule has 7 heteroatoms. The minimum Gasteiger partial charge on any atom is -0.493 e. The molecule has 0 N–H and O–H groups in total. The number of amidine groups is 1. The lowest BCUT2D eigenvalue weighted by atomic mass is 10.1. The first-order valence-corrected chi connectivity index (χ1v) is 9.79. The Hall–Kier alpha value is -1.66. The van der Waals surface area contributed by atoms with Crippen LogP contribution in [0.15, 0.2) is 22.0 Å². The van der Waals surface area contributed by atoms with Crippen molar-refractivity contribution in [1.82, 2.24) is 4.90 Å². The average Bonchev–Trinajstić information content (AvgIpc) is 2.85. The van der Waals surface area contributed by atoms with Crippen LogP contribution in [0.4, 0.5) is 0 Å². The number of nitrogens with zero attached hydrogens (tertiary/aromatic N) is 2. The van der Waals surface area contributed by atoms with E-state index in [4.69, 9.17) is 21.1 Å². The number of thioether (sulfide) groups is 1.